The minimum Gasteiger partial charge on any atom is -0.388 e. The lowest BCUT2D eigenvalue weighted by Crippen LogP contribution is -2.39. The van der Waals surface area contributed by atoms with E-state index >= 15 is 0 Å². The van der Waals surface area contributed by atoms with Gasteiger partial charge in [-0.3, -0.25) is 4.98 Å². The summed E-state index contributed by atoms with van der Waals surface area (Å²) in [6.07, 6.45) is 0.833. The van der Waals surface area contributed by atoms with Gasteiger partial charge in [-0.1, -0.05) is 18.2 Å². The zero-order chi connectivity index (χ0) is 18.0. The number of carbonyl (C=O) groups is 1. The van der Waals surface area contributed by atoms with Crippen LogP contribution < -0.4 is 5.32 Å². The van der Waals surface area contributed by atoms with Crippen LogP contribution in [0.25, 0.3) is 10.9 Å². The van der Waals surface area contributed by atoms with Gasteiger partial charge < -0.3 is 20.1 Å². The monoisotopic (exact) mass is 343 g/mol. The number of amides is 2. The van der Waals surface area contributed by atoms with Crippen LogP contribution in [0.4, 0.5) is 4.79 Å². The molecule has 6 nitrogen and oxygen atoms in total. The average Bonchev–Trinajstić information content (AvgIpc) is 2.94. The third-order valence-corrected chi connectivity index (χ3v) is 4.46. The summed E-state index contributed by atoms with van der Waals surface area (Å²) in [5, 5.41) is 14.0. The van der Waals surface area contributed by atoms with Gasteiger partial charge in [0.05, 0.1) is 30.8 Å². The number of aliphatic hydroxyl groups is 1. The van der Waals surface area contributed by atoms with Gasteiger partial charge in [0, 0.05) is 18.1 Å². The average molecular weight is 343 g/mol. The SMILES string of the molecule is Cc1ccc(CNC(=O)N2C[C@H](OC(C)C)[C@@H](O)C2)c2cccnc12. The zero-order valence-corrected chi connectivity index (χ0v) is 14.9. The van der Waals surface area contributed by atoms with Crippen LogP contribution in [0.15, 0.2) is 30.5 Å². The lowest BCUT2D eigenvalue weighted by atomic mass is 10.0. The minimum absolute atomic E-state index is 0.0223. The van der Waals surface area contributed by atoms with E-state index in [1.807, 2.05) is 45.0 Å². The number of benzene rings is 1. The second kappa shape index (κ2) is 7.37. The maximum atomic E-state index is 12.4. The van der Waals surface area contributed by atoms with Gasteiger partial charge in [0.15, 0.2) is 0 Å². The van der Waals surface area contributed by atoms with Crippen molar-refractivity contribution in [1.29, 1.82) is 0 Å². The Balaban J connectivity index is 1.65. The summed E-state index contributed by atoms with van der Waals surface area (Å²) in [6, 6.07) is 7.76. The van der Waals surface area contributed by atoms with Crippen LogP contribution in [-0.4, -0.2) is 52.4 Å². The molecule has 3 rings (SSSR count). The summed E-state index contributed by atoms with van der Waals surface area (Å²) in [4.78, 5) is 18.5. The molecule has 2 atom stereocenters. The summed E-state index contributed by atoms with van der Waals surface area (Å²) in [5.74, 6) is 0. The highest BCUT2D eigenvalue weighted by molar-refractivity contribution is 5.85. The van der Waals surface area contributed by atoms with E-state index in [4.69, 9.17) is 4.74 Å². The number of hydrogen-bond acceptors (Lipinski definition) is 4. The third-order valence-electron chi connectivity index (χ3n) is 4.46. The van der Waals surface area contributed by atoms with Gasteiger partial charge in [-0.2, -0.15) is 0 Å². The second-order valence-corrected chi connectivity index (χ2v) is 6.80. The van der Waals surface area contributed by atoms with Crippen LogP contribution in [0.3, 0.4) is 0 Å². The molecular weight excluding hydrogens is 318 g/mol. The number of ether oxygens (including phenoxy) is 1. The van der Waals surface area contributed by atoms with Gasteiger partial charge in [0.2, 0.25) is 0 Å². The van der Waals surface area contributed by atoms with Crippen LogP contribution >= 0.6 is 0 Å². The van der Waals surface area contributed by atoms with Gasteiger partial charge in [-0.25, -0.2) is 4.79 Å². The van der Waals surface area contributed by atoms with Gasteiger partial charge in [-0.15, -0.1) is 0 Å². The first-order valence-electron chi connectivity index (χ1n) is 8.65. The first-order valence-corrected chi connectivity index (χ1v) is 8.65. The quantitative estimate of drug-likeness (QED) is 0.893. The minimum atomic E-state index is -0.641. The predicted octanol–water partition coefficient (Wildman–Crippen LogP) is 2.22. The number of aromatic nitrogens is 1. The van der Waals surface area contributed by atoms with Crippen molar-refractivity contribution in [2.45, 2.75) is 45.6 Å². The summed E-state index contributed by atoms with van der Waals surface area (Å²) >= 11 is 0. The Morgan fingerprint density at radius 1 is 1.40 bits per heavy atom. The van der Waals surface area contributed by atoms with Crippen molar-refractivity contribution in [2.24, 2.45) is 0 Å². The van der Waals surface area contributed by atoms with Crippen molar-refractivity contribution in [3.63, 3.8) is 0 Å². The molecule has 1 aliphatic heterocycles. The molecule has 25 heavy (non-hydrogen) atoms. The van der Waals surface area contributed by atoms with Crippen LogP contribution in [0.5, 0.6) is 0 Å². The van der Waals surface area contributed by atoms with Crippen LogP contribution in [0, 0.1) is 6.92 Å². The van der Waals surface area contributed by atoms with E-state index < -0.39 is 6.10 Å². The highest BCUT2D eigenvalue weighted by atomic mass is 16.5. The summed E-state index contributed by atoms with van der Waals surface area (Å²) in [6.45, 7) is 6.99. The Morgan fingerprint density at radius 2 is 2.20 bits per heavy atom. The number of nitrogens with zero attached hydrogens (tertiary/aromatic N) is 2. The molecule has 2 N–H and O–H groups in total. The predicted molar refractivity (Wildman–Crippen MR) is 96.3 cm³/mol. The maximum absolute atomic E-state index is 12.4. The Bertz CT molecular complexity index is 763. The lowest BCUT2D eigenvalue weighted by Gasteiger charge is -2.19. The second-order valence-electron chi connectivity index (χ2n) is 6.80. The van der Waals surface area contributed by atoms with Gasteiger partial charge in [-0.05, 0) is 38.0 Å². The Labute approximate surface area is 147 Å². The van der Waals surface area contributed by atoms with Crippen molar-refractivity contribution in [3.8, 4) is 0 Å². The number of hydrogen-bond donors (Lipinski definition) is 2. The number of pyridine rings is 1. The van der Waals surface area contributed by atoms with Crippen molar-refractivity contribution in [3.05, 3.63) is 41.6 Å². The van der Waals surface area contributed by atoms with E-state index in [1.165, 1.54) is 0 Å². The zero-order valence-electron chi connectivity index (χ0n) is 14.9. The number of likely N-dealkylation sites (tertiary alicyclic amines) is 1. The normalized spacial score (nSPS) is 20.4. The molecule has 1 aliphatic rings. The molecule has 1 aromatic heterocycles. The fourth-order valence-corrected chi connectivity index (χ4v) is 3.22. The third kappa shape index (κ3) is 3.91. The highest BCUT2D eigenvalue weighted by Crippen LogP contribution is 2.20. The molecule has 0 bridgehead atoms. The van der Waals surface area contributed by atoms with Crippen molar-refractivity contribution < 1.29 is 14.6 Å². The molecule has 0 aliphatic carbocycles. The molecule has 0 spiro atoms. The van der Waals surface area contributed by atoms with E-state index in [0.717, 1.165) is 22.0 Å². The molecular formula is C19H25N3O3. The highest BCUT2D eigenvalue weighted by Gasteiger charge is 2.35. The summed E-state index contributed by atoms with van der Waals surface area (Å²) < 4.78 is 5.66. The van der Waals surface area contributed by atoms with Crippen LogP contribution in [0.2, 0.25) is 0 Å². The Kier molecular flexibility index (Phi) is 5.20. The smallest absolute Gasteiger partial charge is 0.317 e. The number of aryl methyl sites for hydroxylation is 1. The number of urea groups is 1. The molecule has 0 saturated carbocycles. The number of fused-ring (bicyclic) bond motifs is 1. The Hall–Kier alpha value is -2.18. The Morgan fingerprint density at radius 3 is 2.96 bits per heavy atom. The molecule has 134 valence electrons. The number of carbonyl (C=O) groups excluding carboxylic acids is 1. The van der Waals surface area contributed by atoms with Crippen LogP contribution in [0.1, 0.15) is 25.0 Å². The lowest BCUT2D eigenvalue weighted by molar-refractivity contribution is -0.0393. The number of nitrogens with one attached hydrogen (secondary N) is 1. The molecule has 1 saturated heterocycles. The topological polar surface area (TPSA) is 74.7 Å². The fourth-order valence-electron chi connectivity index (χ4n) is 3.22. The summed E-state index contributed by atoms with van der Waals surface area (Å²) in [7, 11) is 0. The van der Waals surface area contributed by atoms with Crippen molar-refractivity contribution >= 4 is 16.9 Å². The number of rotatable bonds is 4. The molecule has 1 aromatic carbocycles. The molecule has 2 aromatic rings. The molecule has 0 radical (unpaired) electrons. The molecule has 2 amide bonds. The maximum Gasteiger partial charge on any atom is 0.317 e. The number of β-amino-alcohol motifs (C(OH)–C–C–N with tert-alkyl or cyclic N) is 1. The first-order chi connectivity index (χ1) is 12.0. The molecule has 1 fully saturated rings. The van der Waals surface area contributed by atoms with E-state index in [-0.39, 0.29) is 18.2 Å². The van der Waals surface area contributed by atoms with E-state index in [2.05, 4.69) is 10.3 Å². The van der Waals surface area contributed by atoms with E-state index in [0.29, 0.717) is 19.6 Å². The molecule has 0 unspecified atom stereocenters. The van der Waals surface area contributed by atoms with Crippen molar-refractivity contribution in [1.82, 2.24) is 15.2 Å². The number of aliphatic hydroxyl groups excluding tert-OH is 1. The van der Waals surface area contributed by atoms with Gasteiger partial charge in [0.25, 0.3) is 0 Å². The molecule has 6 heteroatoms. The van der Waals surface area contributed by atoms with Gasteiger partial charge in [0.1, 0.15) is 6.10 Å². The fraction of sp³-hybridized carbons (Fsp3) is 0.474. The first kappa shape index (κ1) is 17.6. The summed E-state index contributed by atoms with van der Waals surface area (Å²) in [5.41, 5.74) is 3.09. The molecule has 2 heterocycles. The standard InChI is InChI=1S/C19H25N3O3/c1-12(2)25-17-11-22(10-16(17)23)19(24)21-9-14-7-6-13(3)18-15(14)5-4-8-20-18/h4-8,12,16-17,23H,9-11H2,1-3H3,(H,21,24)/t16-,17-/m0/s1. The van der Waals surface area contributed by atoms with Crippen LogP contribution in [-0.2, 0) is 11.3 Å². The van der Waals surface area contributed by atoms with Crippen molar-refractivity contribution in [2.75, 3.05) is 13.1 Å². The van der Waals surface area contributed by atoms with E-state index in [1.54, 1.807) is 11.1 Å². The van der Waals surface area contributed by atoms with E-state index in [9.17, 15) is 9.90 Å². The van der Waals surface area contributed by atoms with Gasteiger partial charge >= 0.3 is 6.03 Å². The largest absolute Gasteiger partial charge is 0.388 e.